The summed E-state index contributed by atoms with van der Waals surface area (Å²) < 4.78 is 1.07. The highest BCUT2D eigenvalue weighted by Gasteiger charge is 2.45. The van der Waals surface area contributed by atoms with Gasteiger partial charge in [0.1, 0.15) is 5.82 Å². The molecule has 0 saturated heterocycles. The molecule has 1 atom stereocenters. The van der Waals surface area contributed by atoms with Gasteiger partial charge >= 0.3 is 0 Å². The van der Waals surface area contributed by atoms with Crippen LogP contribution in [0.4, 0.5) is 5.82 Å². The molecule has 2 nitrogen and oxygen atoms in total. The van der Waals surface area contributed by atoms with Gasteiger partial charge in [0.25, 0.3) is 0 Å². The van der Waals surface area contributed by atoms with E-state index in [1.54, 1.807) is 0 Å². The quantitative estimate of drug-likeness (QED) is 0.876. The highest BCUT2D eigenvalue weighted by molar-refractivity contribution is 9.10. The van der Waals surface area contributed by atoms with Gasteiger partial charge in [0, 0.05) is 16.7 Å². The molecule has 3 heteroatoms. The number of hydrogen-bond donors (Lipinski definition) is 1. The number of nitrogens with zero attached hydrogens (tertiary/aromatic N) is 1. The summed E-state index contributed by atoms with van der Waals surface area (Å²) in [5, 5.41) is 3.44. The molecule has 0 radical (unpaired) electrons. The molecule has 1 aliphatic rings. The van der Waals surface area contributed by atoms with Gasteiger partial charge in [-0.05, 0) is 46.3 Å². The minimum absolute atomic E-state index is 0.447. The minimum atomic E-state index is 0.447. The van der Waals surface area contributed by atoms with Crippen molar-refractivity contribution < 1.29 is 0 Å². The number of aryl methyl sites for hydroxylation is 1. The Kier molecular flexibility index (Phi) is 2.30. The van der Waals surface area contributed by atoms with Gasteiger partial charge in [0.2, 0.25) is 0 Å². The summed E-state index contributed by atoms with van der Waals surface area (Å²) in [6.07, 6.45) is 3.09. The predicted molar refractivity (Wildman–Crippen MR) is 62.5 cm³/mol. The topological polar surface area (TPSA) is 24.9 Å². The van der Waals surface area contributed by atoms with E-state index < -0.39 is 0 Å². The summed E-state index contributed by atoms with van der Waals surface area (Å²) in [6, 6.07) is 2.67. The van der Waals surface area contributed by atoms with Gasteiger partial charge in [0.05, 0.1) is 0 Å². The molecule has 1 heterocycles. The van der Waals surface area contributed by atoms with E-state index in [9.17, 15) is 0 Å². The van der Waals surface area contributed by atoms with Crippen molar-refractivity contribution >= 4 is 21.7 Å². The molecule has 0 bridgehead atoms. The SMILES string of the molecule is Cc1cc(NC2CC2(C)C)ncc1Br. The summed E-state index contributed by atoms with van der Waals surface area (Å²) >= 11 is 3.44. The zero-order valence-electron chi connectivity index (χ0n) is 8.76. The van der Waals surface area contributed by atoms with E-state index in [1.165, 1.54) is 12.0 Å². The Morgan fingerprint density at radius 3 is 2.71 bits per heavy atom. The molecule has 0 amide bonds. The van der Waals surface area contributed by atoms with Crippen LogP contribution in [0.15, 0.2) is 16.7 Å². The molecule has 1 N–H and O–H groups in total. The molecule has 1 aromatic rings. The maximum absolute atomic E-state index is 4.33. The van der Waals surface area contributed by atoms with Gasteiger partial charge in [0.15, 0.2) is 0 Å². The van der Waals surface area contributed by atoms with Crippen molar-refractivity contribution in [3.8, 4) is 0 Å². The summed E-state index contributed by atoms with van der Waals surface area (Å²) in [7, 11) is 0. The lowest BCUT2D eigenvalue weighted by molar-refractivity contribution is 0.630. The van der Waals surface area contributed by atoms with Gasteiger partial charge in [-0.2, -0.15) is 0 Å². The Hall–Kier alpha value is -0.570. The van der Waals surface area contributed by atoms with Crippen molar-refractivity contribution in [3.63, 3.8) is 0 Å². The lowest BCUT2D eigenvalue weighted by Gasteiger charge is -2.08. The largest absolute Gasteiger partial charge is 0.367 e. The van der Waals surface area contributed by atoms with Crippen LogP contribution in [0.25, 0.3) is 0 Å². The Balaban J connectivity index is 2.08. The van der Waals surface area contributed by atoms with Crippen LogP contribution in [0.2, 0.25) is 0 Å². The van der Waals surface area contributed by atoms with Crippen LogP contribution in [0.3, 0.4) is 0 Å². The third kappa shape index (κ3) is 1.92. The molecular weight excluding hydrogens is 240 g/mol. The molecule has 1 aliphatic carbocycles. The van der Waals surface area contributed by atoms with E-state index in [4.69, 9.17) is 0 Å². The standard InChI is InChI=1S/C11H15BrN2/c1-7-4-10(13-6-8(7)12)14-9-5-11(9,2)3/h4,6,9H,5H2,1-3H3,(H,13,14). The predicted octanol–water partition coefficient (Wildman–Crippen LogP) is 3.36. The Bertz CT molecular complexity index is 360. The van der Waals surface area contributed by atoms with Gasteiger partial charge in [-0.25, -0.2) is 4.98 Å². The van der Waals surface area contributed by atoms with Crippen molar-refractivity contribution in [2.75, 3.05) is 5.32 Å². The van der Waals surface area contributed by atoms with Crippen molar-refractivity contribution in [2.45, 2.75) is 33.2 Å². The lowest BCUT2D eigenvalue weighted by Crippen LogP contribution is -2.09. The van der Waals surface area contributed by atoms with E-state index >= 15 is 0 Å². The smallest absolute Gasteiger partial charge is 0.126 e. The molecule has 2 rings (SSSR count). The second-order valence-corrected chi connectivity index (χ2v) is 5.56. The fourth-order valence-electron chi connectivity index (χ4n) is 1.51. The van der Waals surface area contributed by atoms with Gasteiger partial charge in [-0.3, -0.25) is 0 Å². The van der Waals surface area contributed by atoms with Crippen molar-refractivity contribution in [1.29, 1.82) is 0 Å². The Labute approximate surface area is 93.3 Å². The first kappa shape index (κ1) is 9.97. The van der Waals surface area contributed by atoms with E-state index in [1.807, 2.05) is 6.20 Å². The van der Waals surface area contributed by atoms with Crippen LogP contribution in [0.5, 0.6) is 0 Å². The summed E-state index contributed by atoms with van der Waals surface area (Å²) in [4.78, 5) is 4.33. The van der Waals surface area contributed by atoms with Crippen molar-refractivity contribution in [3.05, 3.63) is 22.3 Å². The zero-order valence-corrected chi connectivity index (χ0v) is 10.4. The molecule has 1 aromatic heterocycles. The van der Waals surface area contributed by atoms with E-state index in [2.05, 4.69) is 53.1 Å². The first-order chi connectivity index (χ1) is 6.49. The van der Waals surface area contributed by atoms with Crippen molar-refractivity contribution in [2.24, 2.45) is 5.41 Å². The van der Waals surface area contributed by atoms with E-state index in [0.29, 0.717) is 11.5 Å². The second kappa shape index (κ2) is 3.23. The van der Waals surface area contributed by atoms with Crippen LogP contribution in [0.1, 0.15) is 25.8 Å². The highest BCUT2D eigenvalue weighted by atomic mass is 79.9. The van der Waals surface area contributed by atoms with Crippen LogP contribution in [-0.2, 0) is 0 Å². The number of halogens is 1. The van der Waals surface area contributed by atoms with Gasteiger partial charge < -0.3 is 5.32 Å². The monoisotopic (exact) mass is 254 g/mol. The third-order valence-corrected chi connectivity index (χ3v) is 3.71. The molecule has 0 aromatic carbocycles. The van der Waals surface area contributed by atoms with Crippen LogP contribution < -0.4 is 5.32 Å². The summed E-state index contributed by atoms with van der Waals surface area (Å²) in [5.74, 6) is 0.987. The average Bonchev–Trinajstić information content (AvgIpc) is 2.67. The van der Waals surface area contributed by atoms with Crippen LogP contribution in [0, 0.1) is 12.3 Å². The molecule has 14 heavy (non-hydrogen) atoms. The molecule has 1 unspecified atom stereocenters. The number of rotatable bonds is 2. The molecule has 0 spiro atoms. The Morgan fingerprint density at radius 1 is 1.57 bits per heavy atom. The first-order valence-electron chi connectivity index (χ1n) is 4.88. The number of hydrogen-bond acceptors (Lipinski definition) is 2. The highest BCUT2D eigenvalue weighted by Crippen LogP contribution is 2.46. The number of nitrogens with one attached hydrogen (secondary N) is 1. The Morgan fingerprint density at radius 2 is 2.21 bits per heavy atom. The van der Waals surface area contributed by atoms with E-state index in [-0.39, 0.29) is 0 Å². The minimum Gasteiger partial charge on any atom is -0.367 e. The molecule has 1 fully saturated rings. The lowest BCUT2D eigenvalue weighted by atomic mass is 10.2. The molecular formula is C11H15BrN2. The molecule has 0 aliphatic heterocycles. The van der Waals surface area contributed by atoms with E-state index in [0.717, 1.165) is 10.3 Å². The van der Waals surface area contributed by atoms with Crippen LogP contribution in [-0.4, -0.2) is 11.0 Å². The van der Waals surface area contributed by atoms with Crippen molar-refractivity contribution in [1.82, 2.24) is 4.98 Å². The molecule has 76 valence electrons. The number of aromatic nitrogens is 1. The van der Waals surface area contributed by atoms with Gasteiger partial charge in [-0.1, -0.05) is 13.8 Å². The zero-order chi connectivity index (χ0) is 10.3. The molecule has 1 saturated carbocycles. The fourth-order valence-corrected chi connectivity index (χ4v) is 1.73. The maximum atomic E-state index is 4.33. The fraction of sp³-hybridized carbons (Fsp3) is 0.545. The summed E-state index contributed by atoms with van der Waals surface area (Å²) in [5.41, 5.74) is 1.67. The number of anilines is 1. The third-order valence-electron chi connectivity index (χ3n) is 2.88. The number of pyridine rings is 1. The van der Waals surface area contributed by atoms with Gasteiger partial charge in [-0.15, -0.1) is 0 Å². The second-order valence-electron chi connectivity index (χ2n) is 4.71. The summed E-state index contributed by atoms with van der Waals surface area (Å²) in [6.45, 7) is 6.63. The van der Waals surface area contributed by atoms with Crippen LogP contribution >= 0.6 is 15.9 Å². The maximum Gasteiger partial charge on any atom is 0.126 e. The average molecular weight is 255 g/mol. The first-order valence-corrected chi connectivity index (χ1v) is 5.67. The normalized spacial score (nSPS) is 23.3.